The van der Waals surface area contributed by atoms with E-state index in [9.17, 15) is 0 Å². The standard InChI is InChI=1S/C15H13/c1-13(15-10-6-3-7-11-15)12-14-8-4-2-5-9-14/h2-11,13H,12H2. The summed E-state index contributed by atoms with van der Waals surface area (Å²) in [7, 11) is 0. The van der Waals surface area contributed by atoms with Crippen LogP contribution in [0.25, 0.3) is 0 Å². The molecule has 0 saturated heterocycles. The highest BCUT2D eigenvalue weighted by Gasteiger charge is 2.05. The van der Waals surface area contributed by atoms with Gasteiger partial charge in [-0.2, -0.15) is 0 Å². The van der Waals surface area contributed by atoms with E-state index in [2.05, 4.69) is 12.1 Å². The molecule has 0 nitrogen and oxygen atoms in total. The molecule has 0 saturated carbocycles. The lowest BCUT2D eigenvalue weighted by molar-refractivity contribution is 0.832. The second-order valence-electron chi connectivity index (χ2n) is 3.65. The average molecular weight is 193 g/mol. The fraction of sp³-hybridized carbons (Fsp3) is 0.133. The van der Waals surface area contributed by atoms with Crippen LogP contribution in [-0.2, 0) is 6.42 Å². The summed E-state index contributed by atoms with van der Waals surface area (Å²) in [4.78, 5) is 0. The first-order valence-electron chi connectivity index (χ1n) is 5.16. The zero-order valence-electron chi connectivity index (χ0n) is 8.56. The van der Waals surface area contributed by atoms with Crippen LogP contribution in [0.1, 0.15) is 17.0 Å². The fourth-order valence-electron chi connectivity index (χ4n) is 1.65. The molecule has 0 aliphatic heterocycles. The highest BCUT2D eigenvalue weighted by Crippen LogP contribution is 2.19. The van der Waals surface area contributed by atoms with Crippen molar-refractivity contribution in [2.24, 2.45) is 0 Å². The van der Waals surface area contributed by atoms with E-state index in [4.69, 9.17) is 6.92 Å². The van der Waals surface area contributed by atoms with Crippen molar-refractivity contribution in [1.29, 1.82) is 0 Å². The maximum absolute atomic E-state index is 8.05. The Morgan fingerprint density at radius 1 is 0.800 bits per heavy atom. The minimum Gasteiger partial charge on any atom is -0.0622 e. The Hall–Kier alpha value is -1.56. The van der Waals surface area contributed by atoms with E-state index in [1.807, 2.05) is 48.5 Å². The Labute approximate surface area is 91.6 Å². The van der Waals surface area contributed by atoms with Crippen molar-refractivity contribution in [2.75, 3.05) is 0 Å². The third-order valence-corrected chi connectivity index (χ3v) is 2.48. The van der Waals surface area contributed by atoms with Crippen molar-refractivity contribution in [3.8, 4) is 0 Å². The Morgan fingerprint density at radius 2 is 1.33 bits per heavy atom. The molecule has 0 bridgehead atoms. The SMILES string of the molecule is [C]C(Cc1ccccc1)c1ccccc1. The van der Waals surface area contributed by atoms with Gasteiger partial charge in [-0.3, -0.25) is 0 Å². The minimum atomic E-state index is -0.159. The van der Waals surface area contributed by atoms with Gasteiger partial charge < -0.3 is 0 Å². The molecule has 2 aromatic carbocycles. The van der Waals surface area contributed by atoms with Crippen LogP contribution in [0.4, 0.5) is 0 Å². The lowest BCUT2D eigenvalue weighted by Crippen LogP contribution is -1.98. The molecule has 0 N–H and O–H groups in total. The van der Waals surface area contributed by atoms with Crippen LogP contribution in [0, 0.1) is 6.92 Å². The largest absolute Gasteiger partial charge is 0.0622 e. The summed E-state index contributed by atoms with van der Waals surface area (Å²) in [6.45, 7) is 8.05. The van der Waals surface area contributed by atoms with Gasteiger partial charge in [0.1, 0.15) is 0 Å². The molecule has 0 heterocycles. The van der Waals surface area contributed by atoms with Gasteiger partial charge in [-0.1, -0.05) is 60.7 Å². The maximum atomic E-state index is 8.05. The van der Waals surface area contributed by atoms with E-state index in [0.717, 1.165) is 12.0 Å². The van der Waals surface area contributed by atoms with E-state index in [-0.39, 0.29) is 5.92 Å². The van der Waals surface area contributed by atoms with Crippen LogP contribution >= 0.6 is 0 Å². The Balaban J connectivity index is 2.08. The monoisotopic (exact) mass is 193 g/mol. The molecule has 3 radical (unpaired) electrons. The predicted molar refractivity (Wildman–Crippen MR) is 62.6 cm³/mol. The first-order valence-corrected chi connectivity index (χ1v) is 5.16. The van der Waals surface area contributed by atoms with Crippen molar-refractivity contribution in [3.63, 3.8) is 0 Å². The van der Waals surface area contributed by atoms with Gasteiger partial charge in [0.05, 0.1) is 0 Å². The third-order valence-electron chi connectivity index (χ3n) is 2.48. The second kappa shape index (κ2) is 4.79. The van der Waals surface area contributed by atoms with Gasteiger partial charge in [-0.15, -0.1) is 0 Å². The molecule has 0 aromatic heterocycles. The van der Waals surface area contributed by atoms with E-state index in [1.165, 1.54) is 5.56 Å². The van der Waals surface area contributed by atoms with Crippen molar-refractivity contribution >= 4 is 0 Å². The first kappa shape index (κ1) is 9.97. The smallest absolute Gasteiger partial charge is 0.000248 e. The summed E-state index contributed by atoms with van der Waals surface area (Å²) in [5, 5.41) is 0. The van der Waals surface area contributed by atoms with Gasteiger partial charge in [0, 0.05) is 0 Å². The van der Waals surface area contributed by atoms with Gasteiger partial charge >= 0.3 is 0 Å². The average Bonchev–Trinajstić information content (AvgIpc) is 2.31. The molecule has 1 atom stereocenters. The van der Waals surface area contributed by atoms with Crippen LogP contribution in [-0.4, -0.2) is 0 Å². The van der Waals surface area contributed by atoms with E-state index in [1.54, 1.807) is 0 Å². The molecule has 0 aliphatic carbocycles. The van der Waals surface area contributed by atoms with Crippen LogP contribution < -0.4 is 0 Å². The molecule has 0 fully saturated rings. The van der Waals surface area contributed by atoms with Gasteiger partial charge in [0.15, 0.2) is 0 Å². The molecule has 0 heteroatoms. The first-order chi connectivity index (χ1) is 7.36. The summed E-state index contributed by atoms with van der Waals surface area (Å²) < 4.78 is 0. The zero-order valence-corrected chi connectivity index (χ0v) is 8.56. The molecule has 2 aromatic rings. The summed E-state index contributed by atoms with van der Waals surface area (Å²) in [6.07, 6.45) is 0.783. The highest BCUT2D eigenvalue weighted by atomic mass is 14.1. The minimum absolute atomic E-state index is 0.159. The van der Waals surface area contributed by atoms with Crippen molar-refractivity contribution < 1.29 is 0 Å². The van der Waals surface area contributed by atoms with Crippen LogP contribution in [0.15, 0.2) is 60.7 Å². The van der Waals surface area contributed by atoms with Crippen molar-refractivity contribution in [3.05, 3.63) is 78.7 Å². The van der Waals surface area contributed by atoms with Gasteiger partial charge in [0.2, 0.25) is 0 Å². The number of benzene rings is 2. The summed E-state index contributed by atoms with van der Waals surface area (Å²) in [5.74, 6) is -0.159. The molecule has 0 spiro atoms. The van der Waals surface area contributed by atoms with Crippen LogP contribution in [0.5, 0.6) is 0 Å². The third kappa shape index (κ3) is 2.69. The van der Waals surface area contributed by atoms with Gasteiger partial charge in [-0.25, -0.2) is 0 Å². The molecular formula is C15H13. The molecule has 73 valence electrons. The van der Waals surface area contributed by atoms with Gasteiger partial charge in [-0.05, 0) is 30.4 Å². The van der Waals surface area contributed by atoms with Crippen LogP contribution in [0.2, 0.25) is 0 Å². The number of rotatable bonds is 3. The zero-order chi connectivity index (χ0) is 10.5. The Kier molecular flexibility index (Phi) is 3.18. The molecule has 0 aliphatic rings. The summed E-state index contributed by atoms with van der Waals surface area (Å²) >= 11 is 0. The summed E-state index contributed by atoms with van der Waals surface area (Å²) in [6, 6.07) is 20.2. The highest BCUT2D eigenvalue weighted by molar-refractivity contribution is 5.24. The van der Waals surface area contributed by atoms with E-state index >= 15 is 0 Å². The topological polar surface area (TPSA) is 0 Å². The molecule has 1 unspecified atom stereocenters. The molecule has 0 amide bonds. The maximum Gasteiger partial charge on any atom is -0.000248 e. The summed E-state index contributed by atoms with van der Waals surface area (Å²) in [5.41, 5.74) is 2.31. The lowest BCUT2D eigenvalue weighted by atomic mass is 9.94. The quantitative estimate of drug-likeness (QED) is 0.698. The number of hydrogen-bond donors (Lipinski definition) is 0. The normalized spacial score (nSPS) is 12.3. The molecule has 15 heavy (non-hydrogen) atoms. The lowest BCUT2D eigenvalue weighted by Gasteiger charge is -2.10. The van der Waals surface area contributed by atoms with Gasteiger partial charge in [0.25, 0.3) is 0 Å². The van der Waals surface area contributed by atoms with E-state index < -0.39 is 0 Å². The van der Waals surface area contributed by atoms with E-state index in [0.29, 0.717) is 0 Å². The van der Waals surface area contributed by atoms with Crippen molar-refractivity contribution in [1.82, 2.24) is 0 Å². The second-order valence-corrected chi connectivity index (χ2v) is 3.65. The van der Waals surface area contributed by atoms with Crippen LogP contribution in [0.3, 0.4) is 0 Å². The molecular weight excluding hydrogens is 180 g/mol. The predicted octanol–water partition coefficient (Wildman–Crippen LogP) is 3.60. The molecule has 2 rings (SSSR count). The van der Waals surface area contributed by atoms with Crippen molar-refractivity contribution in [2.45, 2.75) is 12.3 Å². The Bertz CT molecular complexity index is 389. The Morgan fingerprint density at radius 3 is 1.93 bits per heavy atom. The number of hydrogen-bond acceptors (Lipinski definition) is 0. The fourth-order valence-corrected chi connectivity index (χ4v) is 1.65.